The van der Waals surface area contributed by atoms with Crippen molar-refractivity contribution in [2.24, 2.45) is 0 Å². The normalized spacial score (nSPS) is 24.1. The summed E-state index contributed by atoms with van der Waals surface area (Å²) in [6, 6.07) is 0. The summed E-state index contributed by atoms with van der Waals surface area (Å²) >= 11 is 0. The monoisotopic (exact) mass is 150 g/mol. The van der Waals surface area contributed by atoms with Gasteiger partial charge in [-0.15, -0.1) is 0 Å². The average Bonchev–Trinajstić information content (AvgIpc) is 2.13. The largest absolute Gasteiger partial charge is 0.463 e. The lowest BCUT2D eigenvalue weighted by Crippen LogP contribution is -2.09. The molecule has 9 heavy (non-hydrogen) atoms. The van der Waals surface area contributed by atoms with E-state index in [-0.39, 0.29) is 4.86 Å². The number of hydrogen-bond acceptors (Lipinski definition) is 3. The zero-order valence-electron chi connectivity index (χ0n) is 4.24. The second-order valence-corrected chi connectivity index (χ2v) is 2.33. The molecule has 0 amide bonds. The Morgan fingerprint density at radius 1 is 1.67 bits per heavy atom. The second kappa shape index (κ2) is 2.18. The molecule has 0 radical (unpaired) electrons. The van der Waals surface area contributed by atoms with Gasteiger partial charge in [0.1, 0.15) is 4.86 Å². The van der Waals surface area contributed by atoms with Gasteiger partial charge in [-0.25, -0.2) is 0 Å². The van der Waals surface area contributed by atoms with Crippen molar-refractivity contribution in [1.29, 1.82) is 0 Å². The van der Waals surface area contributed by atoms with Crippen molar-refractivity contribution in [2.75, 3.05) is 0 Å². The minimum absolute atomic E-state index is 0.352. The number of halogens is 1. The third kappa shape index (κ3) is 1.10. The maximum absolute atomic E-state index is 12.1. The molecule has 0 spiro atoms. The summed E-state index contributed by atoms with van der Waals surface area (Å²) in [4.78, 5) is -0.352. The van der Waals surface area contributed by atoms with Crippen LogP contribution in [0.25, 0.3) is 0 Å². The molecule has 1 unspecified atom stereocenters. The van der Waals surface area contributed by atoms with E-state index in [4.69, 9.17) is 0 Å². The van der Waals surface area contributed by atoms with E-state index in [1.165, 1.54) is 0 Å². The third-order valence-electron chi connectivity index (χ3n) is 0.846. The fraction of sp³-hybridized carbons (Fsp3) is 0.250. The van der Waals surface area contributed by atoms with Gasteiger partial charge in [0.15, 0.2) is 0 Å². The summed E-state index contributed by atoms with van der Waals surface area (Å²) < 4.78 is 36.3. The lowest BCUT2D eigenvalue weighted by atomic mass is 10.5. The minimum atomic E-state index is -2.49. The summed E-state index contributed by atoms with van der Waals surface area (Å²) in [5.74, 6) is 0. The molecular formula is C4H3FO3S. The van der Waals surface area contributed by atoms with E-state index in [0.717, 1.165) is 12.3 Å². The van der Waals surface area contributed by atoms with Gasteiger partial charge in [-0.05, 0) is 6.08 Å². The summed E-state index contributed by atoms with van der Waals surface area (Å²) in [6.07, 6.45) is 0.284. The van der Waals surface area contributed by atoms with Gasteiger partial charge in [-0.2, -0.15) is 12.8 Å². The molecule has 0 bridgehead atoms. The lowest BCUT2D eigenvalue weighted by molar-refractivity contribution is 0.0971. The third-order valence-corrected chi connectivity index (χ3v) is 1.55. The molecule has 0 saturated carbocycles. The van der Waals surface area contributed by atoms with Crippen LogP contribution in [0.4, 0.5) is 4.39 Å². The Labute approximate surface area is 52.3 Å². The fourth-order valence-electron chi connectivity index (χ4n) is 0.449. The van der Waals surface area contributed by atoms with Crippen molar-refractivity contribution in [1.82, 2.24) is 0 Å². The highest BCUT2D eigenvalue weighted by molar-refractivity contribution is 7.73. The molecule has 0 N–H and O–H groups in total. The van der Waals surface area contributed by atoms with Crippen LogP contribution in [0.2, 0.25) is 0 Å². The van der Waals surface area contributed by atoms with Crippen molar-refractivity contribution in [3.8, 4) is 0 Å². The lowest BCUT2D eigenvalue weighted by Gasteiger charge is -1.93. The van der Waals surface area contributed by atoms with Gasteiger partial charge in [0.2, 0.25) is 10.3 Å². The molecule has 1 aliphatic rings. The topological polar surface area (TPSA) is 43.4 Å². The molecule has 5 heteroatoms. The van der Waals surface area contributed by atoms with E-state index < -0.39 is 16.7 Å². The number of alkyl halides is 1. The summed E-state index contributed by atoms with van der Waals surface area (Å²) in [5.41, 5.74) is 0. The van der Waals surface area contributed by atoms with E-state index in [2.05, 4.69) is 4.74 Å². The van der Waals surface area contributed by atoms with Crippen LogP contribution in [0.15, 0.2) is 12.3 Å². The Morgan fingerprint density at radius 2 is 2.33 bits per heavy atom. The molecule has 3 nitrogen and oxygen atoms in total. The zero-order valence-corrected chi connectivity index (χ0v) is 5.06. The van der Waals surface area contributed by atoms with Gasteiger partial charge in [-0.1, -0.05) is 0 Å². The van der Waals surface area contributed by atoms with E-state index >= 15 is 0 Å². The Hall–Kier alpha value is -0.840. The van der Waals surface area contributed by atoms with Crippen LogP contribution in [-0.4, -0.2) is 19.6 Å². The van der Waals surface area contributed by atoms with E-state index in [0.29, 0.717) is 0 Å². The predicted octanol–water partition coefficient (Wildman–Crippen LogP) is -0.123. The maximum Gasteiger partial charge on any atom is 0.277 e. The van der Waals surface area contributed by atoms with Crippen molar-refractivity contribution in [3.05, 3.63) is 12.3 Å². The van der Waals surface area contributed by atoms with E-state index in [9.17, 15) is 12.8 Å². The van der Waals surface area contributed by atoms with Crippen LogP contribution < -0.4 is 0 Å². The zero-order chi connectivity index (χ0) is 6.85. The van der Waals surface area contributed by atoms with Gasteiger partial charge in [0, 0.05) is 0 Å². The summed E-state index contributed by atoms with van der Waals surface area (Å²) in [5, 5.41) is 0. The minimum Gasteiger partial charge on any atom is -0.463 e. The van der Waals surface area contributed by atoms with Crippen LogP contribution in [0.3, 0.4) is 0 Å². The predicted molar refractivity (Wildman–Crippen MR) is 29.0 cm³/mol. The molecule has 0 aromatic heterocycles. The van der Waals surface area contributed by atoms with Crippen LogP contribution in [0.1, 0.15) is 0 Å². The quantitative estimate of drug-likeness (QED) is 0.452. The first kappa shape index (κ1) is 6.28. The van der Waals surface area contributed by atoms with E-state index in [1.54, 1.807) is 0 Å². The van der Waals surface area contributed by atoms with Crippen LogP contribution in [0.5, 0.6) is 0 Å². The van der Waals surface area contributed by atoms with Crippen LogP contribution in [0, 0.1) is 0 Å². The molecule has 0 aliphatic carbocycles. The Kier molecular flexibility index (Phi) is 1.52. The first-order valence-corrected chi connectivity index (χ1v) is 3.21. The molecule has 1 rings (SSSR count). The van der Waals surface area contributed by atoms with Crippen molar-refractivity contribution in [2.45, 2.75) is 6.36 Å². The van der Waals surface area contributed by atoms with Gasteiger partial charge < -0.3 is 4.74 Å². The standard InChI is InChI=1S/C4H3FO3S/c5-4-3(9(6)7)1-2-8-4/h1-2,4H. The Balaban J connectivity index is 3.11. The maximum atomic E-state index is 12.1. The second-order valence-electron chi connectivity index (χ2n) is 1.39. The molecule has 0 fully saturated rings. The molecule has 1 atom stereocenters. The fourth-order valence-corrected chi connectivity index (χ4v) is 0.823. The van der Waals surface area contributed by atoms with E-state index in [1.807, 2.05) is 0 Å². The molecule has 0 aromatic rings. The van der Waals surface area contributed by atoms with Crippen molar-refractivity contribution in [3.63, 3.8) is 0 Å². The van der Waals surface area contributed by atoms with Crippen molar-refractivity contribution >= 4 is 15.2 Å². The number of ether oxygens (including phenoxy) is 1. The average molecular weight is 150 g/mol. The number of hydrogen-bond donors (Lipinski definition) is 0. The highest BCUT2D eigenvalue weighted by Crippen LogP contribution is 2.05. The molecule has 1 heterocycles. The molecule has 0 saturated heterocycles. The Morgan fingerprint density at radius 3 is 2.56 bits per heavy atom. The van der Waals surface area contributed by atoms with Crippen LogP contribution in [-0.2, 0) is 15.0 Å². The highest BCUT2D eigenvalue weighted by Gasteiger charge is 2.18. The summed E-state index contributed by atoms with van der Waals surface area (Å²) in [7, 11) is -2.49. The van der Waals surface area contributed by atoms with Gasteiger partial charge in [-0.3, -0.25) is 0 Å². The highest BCUT2D eigenvalue weighted by atomic mass is 32.2. The Bertz CT molecular complexity index is 256. The number of rotatable bonds is 0. The van der Waals surface area contributed by atoms with Crippen molar-refractivity contribution < 1.29 is 17.5 Å². The van der Waals surface area contributed by atoms with Crippen LogP contribution >= 0.6 is 0 Å². The van der Waals surface area contributed by atoms with Gasteiger partial charge in [0.05, 0.1) is 6.26 Å². The first-order valence-electron chi connectivity index (χ1n) is 2.14. The SMILES string of the molecule is O=S(=O)=C1C=COC1F. The molecule has 1 aliphatic heterocycles. The first-order chi connectivity index (χ1) is 4.22. The molecule has 0 aromatic carbocycles. The van der Waals surface area contributed by atoms with Gasteiger partial charge >= 0.3 is 0 Å². The summed E-state index contributed by atoms with van der Waals surface area (Å²) in [6.45, 7) is 0. The molecular weight excluding hydrogens is 147 g/mol. The smallest absolute Gasteiger partial charge is 0.277 e. The molecule has 50 valence electrons. The van der Waals surface area contributed by atoms with Gasteiger partial charge in [0.25, 0.3) is 6.36 Å².